The van der Waals surface area contributed by atoms with Crippen molar-refractivity contribution in [3.8, 4) is 17.3 Å². The Labute approximate surface area is 115 Å². The zero-order chi connectivity index (χ0) is 14.0. The zero-order valence-electron chi connectivity index (χ0n) is 10.2. The van der Waals surface area contributed by atoms with Gasteiger partial charge in [-0.2, -0.15) is 5.26 Å². The molecule has 0 unspecified atom stereocenters. The van der Waals surface area contributed by atoms with Gasteiger partial charge in [0.2, 0.25) is 0 Å². The molecule has 1 aromatic carbocycles. The van der Waals surface area contributed by atoms with Crippen LogP contribution in [0, 0.1) is 24.1 Å². The molecule has 3 nitrogen and oxygen atoms in total. The topological polar surface area (TPSA) is 56.9 Å². The van der Waals surface area contributed by atoms with Crippen LogP contribution in [0.5, 0.6) is 0 Å². The van der Waals surface area contributed by atoms with Crippen molar-refractivity contribution in [2.75, 3.05) is 0 Å². The van der Waals surface area contributed by atoms with Crippen LogP contribution in [-0.2, 0) is 6.61 Å². The Morgan fingerprint density at radius 2 is 2.11 bits per heavy atom. The maximum atomic E-state index is 13.8. The summed E-state index contributed by atoms with van der Waals surface area (Å²) >= 11 is 4.25. The van der Waals surface area contributed by atoms with E-state index in [0.29, 0.717) is 27.4 Å². The predicted octanol–water partition coefficient (Wildman–Crippen LogP) is 2.85. The minimum Gasteiger partial charge on any atom is -0.392 e. The van der Waals surface area contributed by atoms with Gasteiger partial charge in [-0.25, -0.2) is 4.39 Å². The fourth-order valence-corrected chi connectivity index (χ4v) is 2.27. The Hall–Kier alpha value is -1.90. The standard InChI is InChI=1S/C14H11FN2OS/c1-8-10(6-16)14(19)11(7-18)13(17-8)9-4-2-3-5-12(9)15/h2-5,18H,7H2,1H3,(H,17,19). The van der Waals surface area contributed by atoms with Crippen molar-refractivity contribution >= 4 is 12.6 Å². The van der Waals surface area contributed by atoms with Gasteiger partial charge in [0.1, 0.15) is 11.9 Å². The van der Waals surface area contributed by atoms with Gasteiger partial charge in [0.05, 0.1) is 23.6 Å². The number of thiol groups is 1. The quantitative estimate of drug-likeness (QED) is 0.828. The van der Waals surface area contributed by atoms with Crippen LogP contribution in [0.15, 0.2) is 29.2 Å². The van der Waals surface area contributed by atoms with E-state index in [1.54, 1.807) is 25.1 Å². The summed E-state index contributed by atoms with van der Waals surface area (Å²) in [6, 6.07) is 8.16. The van der Waals surface area contributed by atoms with Gasteiger partial charge >= 0.3 is 0 Å². The number of pyridine rings is 1. The molecule has 2 aromatic rings. The molecular formula is C14H11FN2OS. The lowest BCUT2D eigenvalue weighted by molar-refractivity contribution is 0.279. The van der Waals surface area contributed by atoms with Gasteiger partial charge in [-0.15, -0.1) is 12.6 Å². The molecule has 5 heteroatoms. The van der Waals surface area contributed by atoms with E-state index in [2.05, 4.69) is 17.6 Å². The fourth-order valence-electron chi connectivity index (χ4n) is 1.89. The molecule has 0 aliphatic rings. The predicted molar refractivity (Wildman–Crippen MR) is 72.3 cm³/mol. The Kier molecular flexibility index (Phi) is 3.84. The highest BCUT2D eigenvalue weighted by Crippen LogP contribution is 2.31. The van der Waals surface area contributed by atoms with Crippen molar-refractivity contribution in [2.24, 2.45) is 0 Å². The largest absolute Gasteiger partial charge is 0.392 e. The second kappa shape index (κ2) is 5.39. The van der Waals surface area contributed by atoms with E-state index in [-0.39, 0.29) is 12.2 Å². The fraction of sp³-hybridized carbons (Fsp3) is 0.143. The van der Waals surface area contributed by atoms with Crippen LogP contribution in [0.3, 0.4) is 0 Å². The summed E-state index contributed by atoms with van der Waals surface area (Å²) in [5, 5.41) is 18.5. The highest BCUT2D eigenvalue weighted by atomic mass is 32.1. The first-order chi connectivity index (χ1) is 9.10. The molecule has 0 bridgehead atoms. The summed E-state index contributed by atoms with van der Waals surface area (Å²) in [5.74, 6) is -0.429. The molecule has 1 N–H and O–H groups in total. The third-order valence-corrected chi connectivity index (χ3v) is 3.34. The second-order valence-corrected chi connectivity index (χ2v) is 4.44. The average Bonchev–Trinajstić information content (AvgIpc) is 2.39. The molecular weight excluding hydrogens is 263 g/mol. The number of benzene rings is 1. The Morgan fingerprint density at radius 3 is 2.68 bits per heavy atom. The molecule has 0 amide bonds. The van der Waals surface area contributed by atoms with Gasteiger partial charge in [0.15, 0.2) is 0 Å². The van der Waals surface area contributed by atoms with E-state index in [4.69, 9.17) is 5.26 Å². The molecule has 1 aromatic heterocycles. The van der Waals surface area contributed by atoms with Crippen LogP contribution in [-0.4, -0.2) is 10.1 Å². The lowest BCUT2D eigenvalue weighted by Crippen LogP contribution is -2.02. The third-order valence-electron chi connectivity index (χ3n) is 2.85. The van der Waals surface area contributed by atoms with E-state index in [9.17, 15) is 9.50 Å². The first kappa shape index (κ1) is 13.5. The van der Waals surface area contributed by atoms with Gasteiger partial charge in [-0.1, -0.05) is 12.1 Å². The Morgan fingerprint density at radius 1 is 1.42 bits per heavy atom. The first-order valence-corrected chi connectivity index (χ1v) is 6.03. The first-order valence-electron chi connectivity index (χ1n) is 5.58. The van der Waals surface area contributed by atoms with Crippen molar-refractivity contribution in [3.05, 3.63) is 46.9 Å². The molecule has 2 rings (SSSR count). The average molecular weight is 274 g/mol. The van der Waals surface area contributed by atoms with Gasteiger partial charge in [0, 0.05) is 16.0 Å². The molecule has 19 heavy (non-hydrogen) atoms. The molecule has 96 valence electrons. The monoisotopic (exact) mass is 274 g/mol. The van der Waals surface area contributed by atoms with E-state index >= 15 is 0 Å². The van der Waals surface area contributed by atoms with E-state index < -0.39 is 5.82 Å². The summed E-state index contributed by atoms with van der Waals surface area (Å²) in [6.45, 7) is 1.30. The van der Waals surface area contributed by atoms with Crippen LogP contribution in [0.4, 0.5) is 4.39 Å². The molecule has 0 radical (unpaired) electrons. The lowest BCUT2D eigenvalue weighted by Gasteiger charge is -2.13. The molecule has 0 saturated heterocycles. The summed E-state index contributed by atoms with van der Waals surface area (Å²) in [4.78, 5) is 4.58. The van der Waals surface area contributed by atoms with Gasteiger partial charge in [-0.05, 0) is 19.1 Å². The molecule has 0 aliphatic carbocycles. The summed E-state index contributed by atoms with van der Waals surface area (Å²) in [5.41, 5.74) is 1.72. The van der Waals surface area contributed by atoms with Crippen molar-refractivity contribution < 1.29 is 9.50 Å². The van der Waals surface area contributed by atoms with Crippen molar-refractivity contribution in [1.82, 2.24) is 4.98 Å². The number of hydrogen-bond acceptors (Lipinski definition) is 4. The van der Waals surface area contributed by atoms with Gasteiger partial charge in [-0.3, -0.25) is 4.98 Å². The number of aromatic nitrogens is 1. The number of rotatable bonds is 2. The zero-order valence-corrected chi connectivity index (χ0v) is 11.1. The van der Waals surface area contributed by atoms with Crippen molar-refractivity contribution in [2.45, 2.75) is 18.4 Å². The molecule has 0 saturated carbocycles. The van der Waals surface area contributed by atoms with Crippen LogP contribution in [0.25, 0.3) is 11.3 Å². The van der Waals surface area contributed by atoms with E-state index in [1.165, 1.54) is 6.07 Å². The SMILES string of the molecule is Cc1nc(-c2ccccc2F)c(CO)c(S)c1C#N. The summed E-state index contributed by atoms with van der Waals surface area (Å²) in [6.07, 6.45) is 0. The maximum absolute atomic E-state index is 13.8. The lowest BCUT2D eigenvalue weighted by atomic mass is 10.0. The highest BCUT2D eigenvalue weighted by Gasteiger charge is 2.18. The minimum atomic E-state index is -0.429. The molecule has 0 spiro atoms. The molecule has 0 fully saturated rings. The normalized spacial score (nSPS) is 10.3. The summed E-state index contributed by atoms with van der Waals surface area (Å²) in [7, 11) is 0. The number of aliphatic hydroxyl groups excluding tert-OH is 1. The van der Waals surface area contributed by atoms with Gasteiger partial charge in [0.25, 0.3) is 0 Å². The van der Waals surface area contributed by atoms with Crippen LogP contribution in [0.1, 0.15) is 16.8 Å². The number of hydrogen-bond donors (Lipinski definition) is 2. The van der Waals surface area contributed by atoms with Crippen molar-refractivity contribution in [3.63, 3.8) is 0 Å². The number of nitrogens with zero attached hydrogens (tertiary/aromatic N) is 2. The second-order valence-electron chi connectivity index (χ2n) is 4.00. The highest BCUT2D eigenvalue weighted by molar-refractivity contribution is 7.80. The van der Waals surface area contributed by atoms with E-state index in [0.717, 1.165) is 0 Å². The van der Waals surface area contributed by atoms with Crippen LogP contribution >= 0.6 is 12.6 Å². The minimum absolute atomic E-state index is 0.287. The Balaban J connectivity index is 2.79. The molecule has 0 aliphatic heterocycles. The maximum Gasteiger partial charge on any atom is 0.132 e. The number of halogens is 1. The van der Waals surface area contributed by atoms with E-state index in [1.807, 2.05) is 6.07 Å². The van der Waals surface area contributed by atoms with Crippen LogP contribution < -0.4 is 0 Å². The number of aryl methyl sites for hydroxylation is 1. The number of aliphatic hydroxyl groups is 1. The third kappa shape index (κ3) is 2.33. The number of nitriles is 1. The van der Waals surface area contributed by atoms with Gasteiger partial charge < -0.3 is 5.11 Å². The smallest absolute Gasteiger partial charge is 0.132 e. The molecule has 0 atom stereocenters. The van der Waals surface area contributed by atoms with Crippen LogP contribution in [0.2, 0.25) is 0 Å². The van der Waals surface area contributed by atoms with Crippen molar-refractivity contribution in [1.29, 1.82) is 5.26 Å². The molecule has 1 heterocycles. The Bertz CT molecular complexity index is 680. The summed E-state index contributed by atoms with van der Waals surface area (Å²) < 4.78 is 13.8.